The van der Waals surface area contributed by atoms with Crippen LogP contribution in [-0.4, -0.2) is 47.4 Å². The number of rotatable bonds is 4. The predicted molar refractivity (Wildman–Crippen MR) is 94.0 cm³/mol. The quantitative estimate of drug-likeness (QED) is 0.843. The Bertz CT molecular complexity index is 502. The summed E-state index contributed by atoms with van der Waals surface area (Å²) in [7, 11) is 0. The summed E-state index contributed by atoms with van der Waals surface area (Å²) >= 11 is 0. The van der Waals surface area contributed by atoms with Crippen LogP contribution in [0, 0.1) is 5.92 Å². The number of likely N-dealkylation sites (tertiary alicyclic amines) is 1. The van der Waals surface area contributed by atoms with Crippen LogP contribution in [0.4, 0.5) is 0 Å². The Hall–Kier alpha value is -1.37. The third-order valence-electron chi connectivity index (χ3n) is 3.75. The van der Waals surface area contributed by atoms with Gasteiger partial charge in [-0.25, -0.2) is 0 Å². The number of halogens is 2. The van der Waals surface area contributed by atoms with Gasteiger partial charge in [-0.05, 0) is 31.9 Å². The number of nitrogens with zero attached hydrogens (tertiary/aromatic N) is 2. The molecule has 1 saturated heterocycles. The molecule has 1 aromatic heterocycles. The average Bonchev–Trinajstić information content (AvgIpc) is 2.55. The molecule has 130 valence electrons. The molecule has 0 bridgehead atoms. The predicted octanol–water partition coefficient (Wildman–Crippen LogP) is 1.24. The van der Waals surface area contributed by atoms with E-state index in [0.717, 1.165) is 12.8 Å². The van der Waals surface area contributed by atoms with Crippen molar-refractivity contribution in [1.82, 2.24) is 15.2 Å². The SMILES string of the molecule is C[C@@H](CN)NC(=O)C1CCCN(C(=O)c2ccncc2)C1.Cl.Cl. The fourth-order valence-electron chi connectivity index (χ4n) is 2.47. The highest BCUT2D eigenvalue weighted by atomic mass is 35.5. The Labute approximate surface area is 149 Å². The topological polar surface area (TPSA) is 88.3 Å². The molecule has 1 fully saturated rings. The van der Waals surface area contributed by atoms with Gasteiger partial charge in [-0.1, -0.05) is 0 Å². The van der Waals surface area contributed by atoms with E-state index in [1.54, 1.807) is 29.4 Å². The van der Waals surface area contributed by atoms with Gasteiger partial charge in [-0.15, -0.1) is 24.8 Å². The summed E-state index contributed by atoms with van der Waals surface area (Å²) in [5, 5.41) is 2.89. The lowest BCUT2D eigenvalue weighted by molar-refractivity contribution is -0.126. The fourth-order valence-corrected chi connectivity index (χ4v) is 2.47. The second kappa shape index (κ2) is 10.4. The van der Waals surface area contributed by atoms with Gasteiger partial charge in [0.25, 0.3) is 5.91 Å². The third kappa shape index (κ3) is 5.97. The highest BCUT2D eigenvalue weighted by Gasteiger charge is 2.29. The van der Waals surface area contributed by atoms with Gasteiger partial charge in [0.05, 0.1) is 5.92 Å². The monoisotopic (exact) mass is 362 g/mol. The van der Waals surface area contributed by atoms with Crippen LogP contribution in [0.3, 0.4) is 0 Å². The molecule has 3 N–H and O–H groups in total. The first kappa shape index (κ1) is 21.6. The van der Waals surface area contributed by atoms with E-state index in [9.17, 15) is 9.59 Å². The van der Waals surface area contributed by atoms with Gasteiger partial charge >= 0.3 is 0 Å². The second-order valence-corrected chi connectivity index (χ2v) is 5.47. The molecule has 1 unspecified atom stereocenters. The molecule has 1 aliphatic rings. The molecule has 2 rings (SSSR count). The molecular formula is C15H24Cl2N4O2. The van der Waals surface area contributed by atoms with Crippen LogP contribution in [0.5, 0.6) is 0 Å². The van der Waals surface area contributed by atoms with Crippen LogP contribution in [0.2, 0.25) is 0 Å². The van der Waals surface area contributed by atoms with Gasteiger partial charge in [0.1, 0.15) is 0 Å². The van der Waals surface area contributed by atoms with Gasteiger partial charge in [-0.3, -0.25) is 14.6 Å². The van der Waals surface area contributed by atoms with Crippen molar-refractivity contribution in [3.8, 4) is 0 Å². The lowest BCUT2D eigenvalue weighted by Crippen LogP contribution is -2.48. The van der Waals surface area contributed by atoms with Crippen molar-refractivity contribution in [3.05, 3.63) is 30.1 Å². The molecule has 0 radical (unpaired) electrons. The minimum absolute atomic E-state index is 0. The summed E-state index contributed by atoms with van der Waals surface area (Å²) in [5.41, 5.74) is 6.13. The van der Waals surface area contributed by atoms with Crippen LogP contribution in [-0.2, 0) is 4.79 Å². The Morgan fingerprint density at radius 1 is 1.39 bits per heavy atom. The maximum Gasteiger partial charge on any atom is 0.253 e. The number of amides is 2. The third-order valence-corrected chi connectivity index (χ3v) is 3.75. The number of nitrogens with one attached hydrogen (secondary N) is 1. The summed E-state index contributed by atoms with van der Waals surface area (Å²) in [6.07, 6.45) is 4.85. The molecule has 0 saturated carbocycles. The highest BCUT2D eigenvalue weighted by Crippen LogP contribution is 2.18. The Balaban J connectivity index is 0.00000242. The number of hydrogen-bond acceptors (Lipinski definition) is 4. The Morgan fingerprint density at radius 3 is 2.65 bits per heavy atom. The number of nitrogens with two attached hydrogens (primary N) is 1. The molecule has 1 aliphatic heterocycles. The van der Waals surface area contributed by atoms with Crippen LogP contribution >= 0.6 is 24.8 Å². The van der Waals surface area contributed by atoms with Gasteiger partial charge in [0.2, 0.25) is 5.91 Å². The smallest absolute Gasteiger partial charge is 0.253 e. The maximum atomic E-state index is 12.4. The van der Waals surface area contributed by atoms with Gasteiger partial charge < -0.3 is 16.0 Å². The largest absolute Gasteiger partial charge is 0.352 e. The summed E-state index contributed by atoms with van der Waals surface area (Å²) in [5.74, 6) is -0.208. The van der Waals surface area contributed by atoms with E-state index >= 15 is 0 Å². The van der Waals surface area contributed by atoms with E-state index in [0.29, 0.717) is 25.2 Å². The Kier molecular flexibility index (Phi) is 9.79. The van der Waals surface area contributed by atoms with Crippen LogP contribution in [0.25, 0.3) is 0 Å². The zero-order valence-electron chi connectivity index (χ0n) is 13.1. The second-order valence-electron chi connectivity index (χ2n) is 5.47. The van der Waals surface area contributed by atoms with E-state index in [2.05, 4.69) is 10.3 Å². The van der Waals surface area contributed by atoms with Crippen LogP contribution in [0.15, 0.2) is 24.5 Å². The summed E-state index contributed by atoms with van der Waals surface area (Å²) < 4.78 is 0. The van der Waals surface area contributed by atoms with Crippen molar-refractivity contribution in [2.45, 2.75) is 25.8 Å². The molecule has 2 amide bonds. The molecule has 2 atom stereocenters. The molecule has 2 heterocycles. The van der Waals surface area contributed by atoms with E-state index in [4.69, 9.17) is 5.73 Å². The molecule has 1 aromatic rings. The first-order valence-corrected chi connectivity index (χ1v) is 7.31. The fraction of sp³-hybridized carbons (Fsp3) is 0.533. The lowest BCUT2D eigenvalue weighted by atomic mass is 9.96. The minimum Gasteiger partial charge on any atom is -0.352 e. The minimum atomic E-state index is -0.154. The van der Waals surface area contributed by atoms with Gasteiger partial charge in [-0.2, -0.15) is 0 Å². The molecule has 0 spiro atoms. The van der Waals surface area contributed by atoms with Crippen molar-refractivity contribution in [3.63, 3.8) is 0 Å². The average molecular weight is 363 g/mol. The van der Waals surface area contributed by atoms with Crippen molar-refractivity contribution in [1.29, 1.82) is 0 Å². The summed E-state index contributed by atoms with van der Waals surface area (Å²) in [6, 6.07) is 3.36. The number of carbonyl (C=O) groups is 2. The normalized spacial score (nSPS) is 18.2. The van der Waals surface area contributed by atoms with E-state index in [1.165, 1.54) is 0 Å². The molecule has 23 heavy (non-hydrogen) atoms. The number of hydrogen-bond donors (Lipinski definition) is 2. The summed E-state index contributed by atoms with van der Waals surface area (Å²) in [6.45, 7) is 3.44. The molecule has 0 aliphatic carbocycles. The van der Waals surface area contributed by atoms with Crippen LogP contribution < -0.4 is 11.1 Å². The van der Waals surface area contributed by atoms with Crippen LogP contribution in [0.1, 0.15) is 30.1 Å². The zero-order chi connectivity index (χ0) is 15.2. The van der Waals surface area contributed by atoms with Crippen molar-refractivity contribution < 1.29 is 9.59 Å². The van der Waals surface area contributed by atoms with Gasteiger partial charge in [0.15, 0.2) is 0 Å². The summed E-state index contributed by atoms with van der Waals surface area (Å²) in [4.78, 5) is 30.2. The van der Waals surface area contributed by atoms with E-state index in [-0.39, 0.29) is 48.6 Å². The van der Waals surface area contributed by atoms with Crippen molar-refractivity contribution in [2.75, 3.05) is 19.6 Å². The lowest BCUT2D eigenvalue weighted by Gasteiger charge is -2.32. The first-order chi connectivity index (χ1) is 10.1. The van der Waals surface area contributed by atoms with Gasteiger partial charge in [0, 0.05) is 43.6 Å². The first-order valence-electron chi connectivity index (χ1n) is 7.31. The molecule has 6 nitrogen and oxygen atoms in total. The maximum absolute atomic E-state index is 12.4. The van der Waals surface area contributed by atoms with E-state index < -0.39 is 0 Å². The number of pyridine rings is 1. The molecule has 8 heteroatoms. The number of carbonyl (C=O) groups excluding carboxylic acids is 2. The molecular weight excluding hydrogens is 339 g/mol. The standard InChI is InChI=1S/C15H22N4O2.2ClH/c1-11(9-16)18-14(20)13-3-2-8-19(10-13)15(21)12-4-6-17-7-5-12;;/h4-7,11,13H,2-3,8-10,16H2,1H3,(H,18,20);2*1H/t11-,13?;;/m0../s1. The number of piperidine rings is 1. The highest BCUT2D eigenvalue weighted by molar-refractivity contribution is 5.94. The molecule has 0 aromatic carbocycles. The van der Waals surface area contributed by atoms with Crippen molar-refractivity contribution >= 4 is 36.6 Å². The zero-order valence-corrected chi connectivity index (χ0v) is 14.7. The Morgan fingerprint density at radius 2 is 2.04 bits per heavy atom. The van der Waals surface area contributed by atoms with E-state index in [1.807, 2.05) is 6.92 Å². The number of aromatic nitrogens is 1. The van der Waals surface area contributed by atoms with Crippen molar-refractivity contribution in [2.24, 2.45) is 11.7 Å².